The lowest BCUT2D eigenvalue weighted by molar-refractivity contribution is 0.0866. The van der Waals surface area contributed by atoms with Gasteiger partial charge in [-0.1, -0.05) is 0 Å². The van der Waals surface area contributed by atoms with Crippen molar-refractivity contribution < 1.29 is 4.79 Å². The predicted octanol–water partition coefficient (Wildman–Crippen LogP) is 0.666. The molecular weight excluding hydrogens is 252 g/mol. The van der Waals surface area contributed by atoms with Gasteiger partial charge in [0, 0.05) is 64.4 Å². The fourth-order valence-corrected chi connectivity index (χ4v) is 3.64. The molecule has 0 spiro atoms. The van der Waals surface area contributed by atoms with E-state index in [4.69, 9.17) is 0 Å². The van der Waals surface area contributed by atoms with Crippen molar-refractivity contribution in [3.8, 4) is 0 Å². The van der Waals surface area contributed by atoms with Crippen molar-refractivity contribution in [1.29, 1.82) is 0 Å². The third-order valence-corrected chi connectivity index (χ3v) is 5.30. The molecule has 112 valence electrons. The first-order valence-electron chi connectivity index (χ1n) is 8.33. The maximum Gasteiger partial charge on any atom is 0.320 e. The van der Waals surface area contributed by atoms with E-state index < -0.39 is 0 Å². The highest BCUT2D eigenvalue weighted by molar-refractivity contribution is 5.74. The molecule has 4 aliphatic rings. The van der Waals surface area contributed by atoms with Crippen LogP contribution in [0.5, 0.6) is 0 Å². The van der Waals surface area contributed by atoms with Crippen LogP contribution in [0.4, 0.5) is 4.79 Å². The minimum absolute atomic E-state index is 0.288. The lowest BCUT2D eigenvalue weighted by Gasteiger charge is -2.40. The summed E-state index contributed by atoms with van der Waals surface area (Å²) in [5, 5.41) is 0. The first-order valence-corrected chi connectivity index (χ1v) is 8.33. The van der Waals surface area contributed by atoms with Crippen molar-refractivity contribution in [3.63, 3.8) is 0 Å². The highest BCUT2D eigenvalue weighted by Gasteiger charge is 2.35. The molecule has 2 aliphatic heterocycles. The topological polar surface area (TPSA) is 30.0 Å². The Morgan fingerprint density at radius 2 is 0.950 bits per heavy atom. The summed E-state index contributed by atoms with van der Waals surface area (Å²) in [6.45, 7) is 8.04. The summed E-state index contributed by atoms with van der Waals surface area (Å²) < 4.78 is 0. The van der Waals surface area contributed by atoms with Crippen LogP contribution in [0.25, 0.3) is 0 Å². The van der Waals surface area contributed by atoms with Gasteiger partial charge in [0.15, 0.2) is 0 Å². The fourth-order valence-electron chi connectivity index (χ4n) is 3.64. The Bertz CT molecular complexity index is 330. The van der Waals surface area contributed by atoms with E-state index in [-0.39, 0.29) is 6.03 Å². The Morgan fingerprint density at radius 3 is 1.25 bits per heavy atom. The van der Waals surface area contributed by atoms with Gasteiger partial charge in [0.25, 0.3) is 0 Å². The average Bonchev–Trinajstić information content (AvgIpc) is 3.40. The summed E-state index contributed by atoms with van der Waals surface area (Å²) in [5.41, 5.74) is 0. The lowest BCUT2D eigenvalue weighted by atomic mass is 10.3. The zero-order valence-corrected chi connectivity index (χ0v) is 12.3. The smallest absolute Gasteiger partial charge is 0.320 e. The molecule has 4 fully saturated rings. The summed E-state index contributed by atoms with van der Waals surface area (Å²) in [7, 11) is 0. The molecule has 0 unspecified atom stereocenters. The van der Waals surface area contributed by atoms with E-state index in [1.807, 2.05) is 0 Å². The average molecular weight is 278 g/mol. The molecule has 5 heteroatoms. The van der Waals surface area contributed by atoms with E-state index in [1.54, 1.807) is 0 Å². The van der Waals surface area contributed by atoms with Gasteiger partial charge in [-0.2, -0.15) is 0 Å². The third-order valence-electron chi connectivity index (χ3n) is 5.30. The molecule has 0 bridgehead atoms. The molecule has 2 heterocycles. The van der Waals surface area contributed by atoms with Crippen molar-refractivity contribution in [1.82, 2.24) is 19.6 Å². The minimum atomic E-state index is 0.288. The molecule has 20 heavy (non-hydrogen) atoms. The van der Waals surface area contributed by atoms with Gasteiger partial charge in [-0.3, -0.25) is 9.80 Å². The highest BCUT2D eigenvalue weighted by atomic mass is 16.2. The number of urea groups is 1. The summed E-state index contributed by atoms with van der Waals surface area (Å²) in [4.78, 5) is 21.8. The van der Waals surface area contributed by atoms with Crippen LogP contribution >= 0.6 is 0 Å². The first kappa shape index (κ1) is 12.9. The van der Waals surface area contributed by atoms with E-state index in [9.17, 15) is 4.79 Å². The molecule has 5 nitrogen and oxygen atoms in total. The van der Waals surface area contributed by atoms with Gasteiger partial charge in [-0.05, 0) is 25.7 Å². The molecule has 0 aromatic rings. The number of carbonyl (C=O) groups excluding carboxylic acids is 1. The van der Waals surface area contributed by atoms with Crippen molar-refractivity contribution in [2.24, 2.45) is 0 Å². The maximum absolute atomic E-state index is 12.6. The van der Waals surface area contributed by atoms with E-state index in [2.05, 4.69) is 19.6 Å². The number of rotatable bonds is 2. The number of nitrogens with zero attached hydrogens (tertiary/aromatic N) is 4. The van der Waals surface area contributed by atoms with Gasteiger partial charge in [0.2, 0.25) is 0 Å². The van der Waals surface area contributed by atoms with E-state index >= 15 is 0 Å². The number of carbonyl (C=O) groups is 1. The summed E-state index contributed by atoms with van der Waals surface area (Å²) in [6.07, 6.45) is 5.49. The van der Waals surface area contributed by atoms with Gasteiger partial charge in [-0.25, -0.2) is 4.79 Å². The largest absolute Gasteiger partial charge is 0.322 e. The second kappa shape index (κ2) is 5.19. The van der Waals surface area contributed by atoms with Crippen LogP contribution in [0.2, 0.25) is 0 Å². The zero-order valence-electron chi connectivity index (χ0n) is 12.3. The van der Waals surface area contributed by atoms with E-state index in [0.29, 0.717) is 0 Å². The minimum Gasteiger partial charge on any atom is -0.322 e. The Morgan fingerprint density at radius 1 is 0.600 bits per heavy atom. The zero-order chi connectivity index (χ0) is 13.5. The second-order valence-electron chi connectivity index (χ2n) is 6.79. The summed E-state index contributed by atoms with van der Waals surface area (Å²) in [6, 6.07) is 1.97. The second-order valence-corrected chi connectivity index (χ2v) is 6.79. The summed E-state index contributed by atoms with van der Waals surface area (Å²) in [5.74, 6) is 0. The molecule has 0 N–H and O–H groups in total. The molecule has 2 saturated carbocycles. The normalized spacial score (nSPS) is 29.8. The SMILES string of the molecule is O=C(N1CCN(C2CC2)CC1)N1CCN(C2CC2)CC1. The van der Waals surface area contributed by atoms with Crippen molar-refractivity contribution in [2.75, 3.05) is 52.4 Å². The molecule has 0 atom stereocenters. The van der Waals surface area contributed by atoms with Gasteiger partial charge in [-0.15, -0.1) is 0 Å². The number of piperazine rings is 2. The Labute approximate surface area is 121 Å². The lowest BCUT2D eigenvalue weighted by Crippen LogP contribution is -2.57. The van der Waals surface area contributed by atoms with Gasteiger partial charge >= 0.3 is 6.03 Å². The highest BCUT2D eigenvalue weighted by Crippen LogP contribution is 2.28. The third kappa shape index (κ3) is 2.66. The van der Waals surface area contributed by atoms with Gasteiger partial charge in [0.1, 0.15) is 0 Å². The summed E-state index contributed by atoms with van der Waals surface area (Å²) >= 11 is 0. The van der Waals surface area contributed by atoms with Crippen molar-refractivity contribution in [2.45, 2.75) is 37.8 Å². The molecule has 4 rings (SSSR count). The quantitative estimate of drug-likeness (QED) is 0.743. The molecule has 0 radical (unpaired) electrons. The number of amides is 2. The van der Waals surface area contributed by atoms with Gasteiger partial charge in [0.05, 0.1) is 0 Å². The molecule has 2 saturated heterocycles. The predicted molar refractivity (Wildman–Crippen MR) is 77.7 cm³/mol. The first-order chi connectivity index (χ1) is 9.81. The molecule has 0 aromatic carbocycles. The van der Waals surface area contributed by atoms with Crippen LogP contribution in [-0.2, 0) is 0 Å². The van der Waals surface area contributed by atoms with Crippen LogP contribution < -0.4 is 0 Å². The Kier molecular flexibility index (Phi) is 3.34. The van der Waals surface area contributed by atoms with Crippen LogP contribution in [-0.4, -0.2) is 90.1 Å². The van der Waals surface area contributed by atoms with E-state index in [1.165, 1.54) is 25.7 Å². The molecular formula is C15H26N4O. The standard InChI is InChI=1S/C15H26N4O/c20-15(18-9-5-16(6-10-18)13-1-2-13)19-11-7-17(8-12-19)14-3-4-14/h13-14H,1-12H2. The van der Waals surface area contributed by atoms with Crippen LogP contribution in [0.1, 0.15) is 25.7 Å². The molecule has 2 amide bonds. The number of hydrogen-bond donors (Lipinski definition) is 0. The van der Waals surface area contributed by atoms with Crippen LogP contribution in [0.15, 0.2) is 0 Å². The molecule has 0 aromatic heterocycles. The van der Waals surface area contributed by atoms with Crippen molar-refractivity contribution >= 4 is 6.03 Å². The number of hydrogen-bond acceptors (Lipinski definition) is 3. The van der Waals surface area contributed by atoms with Crippen LogP contribution in [0.3, 0.4) is 0 Å². The fraction of sp³-hybridized carbons (Fsp3) is 0.933. The van der Waals surface area contributed by atoms with Crippen LogP contribution in [0, 0.1) is 0 Å². The monoisotopic (exact) mass is 278 g/mol. The van der Waals surface area contributed by atoms with Crippen molar-refractivity contribution in [3.05, 3.63) is 0 Å². The Balaban J connectivity index is 1.25. The van der Waals surface area contributed by atoms with Gasteiger partial charge < -0.3 is 9.80 Å². The maximum atomic E-state index is 12.6. The molecule has 2 aliphatic carbocycles. The van der Waals surface area contributed by atoms with E-state index in [0.717, 1.165) is 64.4 Å². The Hall–Kier alpha value is -0.810.